The zero-order valence-electron chi connectivity index (χ0n) is 15.6. The number of anilines is 2. The quantitative estimate of drug-likeness (QED) is 0.851. The average Bonchev–Trinajstić information content (AvgIpc) is 3.30. The van der Waals surface area contributed by atoms with E-state index in [1.807, 2.05) is 48.3 Å². The van der Waals surface area contributed by atoms with Crippen molar-refractivity contribution >= 4 is 21.6 Å². The fourth-order valence-electron chi connectivity index (χ4n) is 3.95. The first kappa shape index (κ1) is 18.2. The lowest BCUT2D eigenvalue weighted by molar-refractivity contribution is 0.600. The molecule has 1 saturated carbocycles. The van der Waals surface area contributed by atoms with Gasteiger partial charge in [0.15, 0.2) is 9.84 Å². The van der Waals surface area contributed by atoms with Crippen LogP contribution < -0.4 is 10.2 Å². The van der Waals surface area contributed by atoms with Gasteiger partial charge in [-0.25, -0.2) is 13.4 Å². The summed E-state index contributed by atoms with van der Waals surface area (Å²) in [5.74, 6) is 1.82. The van der Waals surface area contributed by atoms with Crippen molar-refractivity contribution in [2.75, 3.05) is 28.8 Å². The van der Waals surface area contributed by atoms with E-state index >= 15 is 0 Å². The van der Waals surface area contributed by atoms with E-state index in [4.69, 9.17) is 9.97 Å². The van der Waals surface area contributed by atoms with Gasteiger partial charge in [-0.05, 0) is 19.3 Å². The van der Waals surface area contributed by atoms with Crippen LogP contribution in [0.3, 0.4) is 0 Å². The monoisotopic (exact) mass is 386 g/mol. The Kier molecular flexibility index (Phi) is 5.04. The number of rotatable bonds is 5. The number of benzene rings is 1. The third-order valence-electron chi connectivity index (χ3n) is 5.56. The van der Waals surface area contributed by atoms with Crippen molar-refractivity contribution in [1.82, 2.24) is 9.97 Å². The van der Waals surface area contributed by atoms with Gasteiger partial charge in [0, 0.05) is 30.8 Å². The highest BCUT2D eigenvalue weighted by Gasteiger charge is 2.32. The summed E-state index contributed by atoms with van der Waals surface area (Å²) in [5, 5.41) is 3.56. The Morgan fingerprint density at radius 2 is 1.81 bits per heavy atom. The van der Waals surface area contributed by atoms with Crippen molar-refractivity contribution in [1.29, 1.82) is 0 Å². The third-order valence-corrected chi connectivity index (χ3v) is 7.31. The maximum Gasteiger partial charge on any atom is 0.227 e. The van der Waals surface area contributed by atoms with E-state index in [9.17, 15) is 8.42 Å². The van der Waals surface area contributed by atoms with Gasteiger partial charge in [0.1, 0.15) is 5.82 Å². The summed E-state index contributed by atoms with van der Waals surface area (Å²) in [6.07, 6.45) is 5.46. The smallest absolute Gasteiger partial charge is 0.227 e. The van der Waals surface area contributed by atoms with Crippen molar-refractivity contribution in [3.8, 4) is 11.3 Å². The second-order valence-corrected chi connectivity index (χ2v) is 9.83. The summed E-state index contributed by atoms with van der Waals surface area (Å²) in [7, 11) is -1.05. The molecule has 1 unspecified atom stereocenters. The number of nitrogens with one attached hydrogen (secondary N) is 1. The predicted molar refractivity (Wildman–Crippen MR) is 109 cm³/mol. The molecule has 6 nitrogen and oxygen atoms in total. The van der Waals surface area contributed by atoms with Crippen LogP contribution in [-0.2, 0) is 9.84 Å². The highest BCUT2D eigenvalue weighted by molar-refractivity contribution is 7.91. The number of sulfone groups is 1. The van der Waals surface area contributed by atoms with Crippen molar-refractivity contribution in [2.45, 2.75) is 44.2 Å². The first-order valence-electron chi connectivity index (χ1n) is 9.64. The maximum atomic E-state index is 11.9. The predicted octanol–water partition coefficient (Wildman–Crippen LogP) is 3.12. The molecule has 2 aliphatic rings. The van der Waals surface area contributed by atoms with Gasteiger partial charge in [0.05, 0.1) is 17.2 Å². The van der Waals surface area contributed by atoms with E-state index in [1.165, 1.54) is 12.8 Å². The van der Waals surface area contributed by atoms with Crippen molar-refractivity contribution in [3.05, 3.63) is 36.4 Å². The molecule has 0 amide bonds. The zero-order valence-corrected chi connectivity index (χ0v) is 16.5. The molecule has 144 valence electrons. The molecule has 0 spiro atoms. The molecular weight excluding hydrogens is 360 g/mol. The Bertz CT molecular complexity index is 895. The average molecular weight is 387 g/mol. The summed E-state index contributed by atoms with van der Waals surface area (Å²) in [6.45, 7) is 0. The molecule has 1 aromatic heterocycles. The molecular formula is C20H26N4O2S. The van der Waals surface area contributed by atoms with Gasteiger partial charge in [0.25, 0.3) is 0 Å². The van der Waals surface area contributed by atoms with Crippen LogP contribution in [-0.4, -0.2) is 49.0 Å². The fraction of sp³-hybridized carbons (Fsp3) is 0.500. The van der Waals surface area contributed by atoms with Gasteiger partial charge in [-0.3, -0.25) is 0 Å². The summed E-state index contributed by atoms with van der Waals surface area (Å²) < 4.78 is 23.8. The molecule has 4 rings (SSSR count). The summed E-state index contributed by atoms with van der Waals surface area (Å²) in [5.41, 5.74) is 1.89. The van der Waals surface area contributed by atoms with Gasteiger partial charge in [-0.1, -0.05) is 43.2 Å². The summed E-state index contributed by atoms with van der Waals surface area (Å²) in [6, 6.07) is 12.4. The minimum absolute atomic E-state index is 0.0691. The highest BCUT2D eigenvalue weighted by atomic mass is 32.2. The summed E-state index contributed by atoms with van der Waals surface area (Å²) in [4.78, 5) is 11.4. The number of hydrogen-bond donors (Lipinski definition) is 1. The van der Waals surface area contributed by atoms with Crippen molar-refractivity contribution in [2.24, 2.45) is 0 Å². The lowest BCUT2D eigenvalue weighted by Gasteiger charge is -2.25. The van der Waals surface area contributed by atoms with Gasteiger partial charge in [-0.15, -0.1) is 0 Å². The standard InChI is InChI=1S/C20H26N4O2S/c1-24(17-11-12-27(25,26)14-17)20-22-18(15-7-3-2-4-8-15)13-19(23-20)21-16-9-5-6-10-16/h2-4,7-8,13,16-17H,5-6,9-12,14H2,1H3,(H,21,22,23). The van der Waals surface area contributed by atoms with Crippen LogP contribution >= 0.6 is 0 Å². The molecule has 2 heterocycles. The fourth-order valence-corrected chi connectivity index (χ4v) is 5.72. The van der Waals surface area contributed by atoms with Gasteiger partial charge in [-0.2, -0.15) is 4.98 Å². The van der Waals surface area contributed by atoms with Crippen molar-refractivity contribution < 1.29 is 8.42 Å². The Morgan fingerprint density at radius 3 is 2.48 bits per heavy atom. The molecule has 1 atom stereocenters. The van der Waals surface area contributed by atoms with E-state index in [0.717, 1.165) is 29.9 Å². The molecule has 2 aromatic rings. The van der Waals surface area contributed by atoms with E-state index in [2.05, 4.69) is 5.32 Å². The molecule has 1 aliphatic heterocycles. The van der Waals surface area contributed by atoms with Crippen LogP contribution in [0.2, 0.25) is 0 Å². The molecule has 1 saturated heterocycles. The van der Waals surface area contributed by atoms with Crippen LogP contribution in [0.15, 0.2) is 36.4 Å². The van der Waals surface area contributed by atoms with Crippen LogP contribution in [0.1, 0.15) is 32.1 Å². The topological polar surface area (TPSA) is 75.2 Å². The minimum Gasteiger partial charge on any atom is -0.367 e. The van der Waals surface area contributed by atoms with E-state index < -0.39 is 9.84 Å². The Morgan fingerprint density at radius 1 is 1.07 bits per heavy atom. The van der Waals surface area contributed by atoms with Gasteiger partial charge < -0.3 is 10.2 Å². The lowest BCUT2D eigenvalue weighted by atomic mass is 10.1. The van der Waals surface area contributed by atoms with Crippen LogP contribution in [0.5, 0.6) is 0 Å². The second kappa shape index (κ2) is 7.46. The maximum absolute atomic E-state index is 11.9. The lowest BCUT2D eigenvalue weighted by Crippen LogP contribution is -2.34. The SMILES string of the molecule is CN(c1nc(NC2CCCC2)cc(-c2ccccc2)n1)C1CCS(=O)(=O)C1. The van der Waals surface area contributed by atoms with E-state index in [-0.39, 0.29) is 17.5 Å². The summed E-state index contributed by atoms with van der Waals surface area (Å²) >= 11 is 0. The number of hydrogen-bond acceptors (Lipinski definition) is 6. The van der Waals surface area contributed by atoms with Crippen LogP contribution in [0.25, 0.3) is 11.3 Å². The molecule has 7 heteroatoms. The molecule has 2 fully saturated rings. The van der Waals surface area contributed by atoms with Crippen LogP contribution in [0, 0.1) is 0 Å². The van der Waals surface area contributed by atoms with E-state index in [0.29, 0.717) is 18.4 Å². The highest BCUT2D eigenvalue weighted by Crippen LogP contribution is 2.28. The van der Waals surface area contributed by atoms with E-state index in [1.54, 1.807) is 0 Å². The molecule has 1 aromatic carbocycles. The first-order chi connectivity index (χ1) is 13.0. The number of aromatic nitrogens is 2. The largest absolute Gasteiger partial charge is 0.367 e. The first-order valence-corrected chi connectivity index (χ1v) is 11.5. The Balaban J connectivity index is 1.66. The molecule has 27 heavy (non-hydrogen) atoms. The van der Waals surface area contributed by atoms with Crippen LogP contribution in [0.4, 0.5) is 11.8 Å². The van der Waals surface area contributed by atoms with Gasteiger partial charge >= 0.3 is 0 Å². The van der Waals surface area contributed by atoms with Crippen molar-refractivity contribution in [3.63, 3.8) is 0 Å². The Hall–Kier alpha value is -2.15. The Labute approximate surface area is 161 Å². The minimum atomic E-state index is -2.95. The molecule has 0 bridgehead atoms. The van der Waals surface area contributed by atoms with Gasteiger partial charge in [0.2, 0.25) is 5.95 Å². The second-order valence-electron chi connectivity index (χ2n) is 7.60. The zero-order chi connectivity index (χ0) is 18.9. The molecule has 1 N–H and O–H groups in total. The number of nitrogens with zero attached hydrogens (tertiary/aromatic N) is 3. The normalized spacial score (nSPS) is 22.0. The molecule has 1 aliphatic carbocycles. The molecule has 0 radical (unpaired) electrons. The third kappa shape index (κ3) is 4.24.